The van der Waals surface area contributed by atoms with Crippen LogP contribution in [0.5, 0.6) is 0 Å². The zero-order chi connectivity index (χ0) is 10.5. The number of halogens is 1. The van der Waals surface area contributed by atoms with E-state index in [1.54, 1.807) is 0 Å². The number of nitrogens with one attached hydrogen (secondary N) is 1. The number of hydrogen-bond donors (Lipinski definition) is 1. The van der Waals surface area contributed by atoms with Crippen LogP contribution in [0.25, 0.3) is 0 Å². The van der Waals surface area contributed by atoms with E-state index in [1.807, 2.05) is 6.07 Å². The first-order valence-electron chi connectivity index (χ1n) is 5.30. The average Bonchev–Trinajstić information content (AvgIpc) is 2.75. The minimum Gasteiger partial charge on any atom is -0.355 e. The van der Waals surface area contributed by atoms with E-state index in [1.165, 1.54) is 11.1 Å². The van der Waals surface area contributed by atoms with Gasteiger partial charge in [-0.15, -0.1) is 0 Å². The van der Waals surface area contributed by atoms with Crippen molar-refractivity contribution < 1.29 is 4.79 Å². The normalized spacial score (nSPS) is 28.2. The van der Waals surface area contributed by atoms with E-state index >= 15 is 0 Å². The highest BCUT2D eigenvalue weighted by Crippen LogP contribution is 2.44. The molecular formula is C12H12BrNO. The molecule has 3 rings (SSSR count). The van der Waals surface area contributed by atoms with Crippen LogP contribution in [0.1, 0.15) is 24.0 Å². The molecule has 0 aromatic heterocycles. The molecule has 1 aromatic rings. The van der Waals surface area contributed by atoms with Crippen molar-refractivity contribution in [3.8, 4) is 0 Å². The molecule has 1 unspecified atom stereocenters. The molecule has 0 radical (unpaired) electrons. The highest BCUT2D eigenvalue weighted by atomic mass is 79.9. The van der Waals surface area contributed by atoms with Crippen molar-refractivity contribution in [2.24, 2.45) is 0 Å². The van der Waals surface area contributed by atoms with Crippen molar-refractivity contribution in [1.82, 2.24) is 5.32 Å². The zero-order valence-corrected chi connectivity index (χ0v) is 9.93. The third-order valence-electron chi connectivity index (χ3n) is 3.68. The largest absolute Gasteiger partial charge is 0.355 e. The maximum absolute atomic E-state index is 11.9. The summed E-state index contributed by atoms with van der Waals surface area (Å²) < 4.78 is 1.11. The van der Waals surface area contributed by atoms with Gasteiger partial charge < -0.3 is 5.32 Å². The standard InChI is InChI=1S/C12H12BrNO/c13-9-1-2-10-8(7-9)3-4-12(10)5-6-14-11(12)15/h1-2,7H,3-6H2,(H,14,15). The SMILES string of the molecule is O=C1NCCC12CCc1cc(Br)ccc12. The van der Waals surface area contributed by atoms with E-state index in [4.69, 9.17) is 0 Å². The van der Waals surface area contributed by atoms with Gasteiger partial charge in [0.25, 0.3) is 0 Å². The van der Waals surface area contributed by atoms with Crippen LogP contribution in [0, 0.1) is 0 Å². The first kappa shape index (κ1) is 9.40. The quantitative estimate of drug-likeness (QED) is 0.766. The second-order valence-corrected chi connectivity index (χ2v) is 5.31. The molecule has 1 N–H and O–H groups in total. The molecule has 1 atom stereocenters. The summed E-state index contributed by atoms with van der Waals surface area (Å²) in [7, 11) is 0. The Balaban J connectivity index is 2.15. The fraction of sp³-hybridized carbons (Fsp3) is 0.417. The summed E-state index contributed by atoms with van der Waals surface area (Å²) in [5.74, 6) is 0.226. The zero-order valence-electron chi connectivity index (χ0n) is 8.35. The summed E-state index contributed by atoms with van der Waals surface area (Å²) in [6.07, 6.45) is 2.97. The van der Waals surface area contributed by atoms with Crippen molar-refractivity contribution in [3.05, 3.63) is 33.8 Å². The Morgan fingerprint density at radius 2 is 2.20 bits per heavy atom. The molecule has 1 fully saturated rings. The number of rotatable bonds is 0. The van der Waals surface area contributed by atoms with E-state index < -0.39 is 0 Å². The highest BCUT2D eigenvalue weighted by Gasteiger charge is 2.47. The van der Waals surface area contributed by atoms with Crippen LogP contribution in [-0.2, 0) is 16.6 Å². The summed E-state index contributed by atoms with van der Waals surface area (Å²) >= 11 is 3.48. The smallest absolute Gasteiger partial charge is 0.230 e. The molecular weight excluding hydrogens is 254 g/mol. The van der Waals surface area contributed by atoms with Crippen molar-refractivity contribution >= 4 is 21.8 Å². The molecule has 2 nitrogen and oxygen atoms in total. The van der Waals surface area contributed by atoms with Gasteiger partial charge in [0, 0.05) is 11.0 Å². The summed E-state index contributed by atoms with van der Waals surface area (Å²) in [6, 6.07) is 6.30. The fourth-order valence-electron chi connectivity index (χ4n) is 2.89. The van der Waals surface area contributed by atoms with Gasteiger partial charge in [-0.05, 0) is 42.5 Å². The summed E-state index contributed by atoms with van der Waals surface area (Å²) in [4.78, 5) is 11.9. The number of hydrogen-bond acceptors (Lipinski definition) is 1. The minimum atomic E-state index is -0.198. The third-order valence-corrected chi connectivity index (χ3v) is 4.17. The van der Waals surface area contributed by atoms with Gasteiger partial charge in [-0.1, -0.05) is 22.0 Å². The van der Waals surface area contributed by atoms with Gasteiger partial charge >= 0.3 is 0 Å². The van der Waals surface area contributed by atoms with Crippen molar-refractivity contribution in [1.29, 1.82) is 0 Å². The monoisotopic (exact) mass is 265 g/mol. The van der Waals surface area contributed by atoms with Crippen LogP contribution >= 0.6 is 15.9 Å². The lowest BCUT2D eigenvalue weighted by Crippen LogP contribution is -2.33. The van der Waals surface area contributed by atoms with E-state index in [0.29, 0.717) is 0 Å². The molecule has 78 valence electrons. The molecule has 1 aromatic carbocycles. The highest BCUT2D eigenvalue weighted by molar-refractivity contribution is 9.10. The molecule has 15 heavy (non-hydrogen) atoms. The summed E-state index contributed by atoms with van der Waals surface area (Å²) in [5, 5.41) is 2.96. The Bertz CT molecular complexity index is 443. The Morgan fingerprint density at radius 3 is 2.93 bits per heavy atom. The van der Waals surface area contributed by atoms with Crippen molar-refractivity contribution in [2.45, 2.75) is 24.7 Å². The van der Waals surface area contributed by atoms with Crippen LogP contribution in [0.4, 0.5) is 0 Å². The first-order chi connectivity index (χ1) is 7.22. The summed E-state index contributed by atoms with van der Waals surface area (Å²) in [6.45, 7) is 0.828. The van der Waals surface area contributed by atoms with Gasteiger partial charge in [0.1, 0.15) is 0 Å². The topological polar surface area (TPSA) is 29.1 Å². The first-order valence-corrected chi connectivity index (χ1v) is 6.09. The average molecular weight is 266 g/mol. The molecule has 1 heterocycles. The molecule has 1 spiro atoms. The maximum atomic E-state index is 11.9. The van der Waals surface area contributed by atoms with Crippen LogP contribution in [-0.4, -0.2) is 12.5 Å². The van der Waals surface area contributed by atoms with Crippen LogP contribution < -0.4 is 5.32 Å². The lowest BCUT2D eigenvalue weighted by molar-refractivity contribution is -0.123. The predicted molar refractivity (Wildman–Crippen MR) is 61.8 cm³/mol. The van der Waals surface area contributed by atoms with E-state index in [0.717, 1.165) is 30.3 Å². The number of benzene rings is 1. The minimum absolute atomic E-state index is 0.198. The van der Waals surface area contributed by atoms with E-state index in [-0.39, 0.29) is 11.3 Å². The fourth-order valence-corrected chi connectivity index (χ4v) is 3.29. The molecule has 1 saturated heterocycles. The Morgan fingerprint density at radius 1 is 1.33 bits per heavy atom. The van der Waals surface area contributed by atoms with Crippen LogP contribution in [0.3, 0.4) is 0 Å². The molecule has 2 aliphatic rings. The second-order valence-electron chi connectivity index (χ2n) is 4.39. The van der Waals surface area contributed by atoms with Gasteiger partial charge in [0.2, 0.25) is 5.91 Å². The van der Waals surface area contributed by atoms with Crippen molar-refractivity contribution in [3.63, 3.8) is 0 Å². The molecule has 1 amide bonds. The van der Waals surface area contributed by atoms with Gasteiger partial charge in [0.05, 0.1) is 5.41 Å². The van der Waals surface area contributed by atoms with Gasteiger partial charge in [-0.25, -0.2) is 0 Å². The Labute approximate surface area is 97.2 Å². The Hall–Kier alpha value is -0.830. The van der Waals surface area contributed by atoms with Gasteiger partial charge in [-0.3, -0.25) is 4.79 Å². The molecule has 0 bridgehead atoms. The lowest BCUT2D eigenvalue weighted by atomic mass is 9.80. The van der Waals surface area contributed by atoms with Gasteiger partial charge in [0.15, 0.2) is 0 Å². The molecule has 1 aliphatic carbocycles. The predicted octanol–water partition coefficient (Wildman–Crippen LogP) is 2.15. The van der Waals surface area contributed by atoms with E-state index in [2.05, 4.69) is 33.4 Å². The van der Waals surface area contributed by atoms with Gasteiger partial charge in [-0.2, -0.15) is 0 Å². The molecule has 1 aliphatic heterocycles. The van der Waals surface area contributed by atoms with Crippen LogP contribution in [0.2, 0.25) is 0 Å². The number of fused-ring (bicyclic) bond motifs is 2. The third kappa shape index (κ3) is 1.19. The molecule has 0 saturated carbocycles. The Kier molecular flexibility index (Phi) is 1.93. The van der Waals surface area contributed by atoms with Crippen molar-refractivity contribution in [2.75, 3.05) is 6.54 Å². The number of aryl methyl sites for hydroxylation is 1. The number of amides is 1. The second kappa shape index (κ2) is 3.08. The lowest BCUT2D eigenvalue weighted by Gasteiger charge is -2.20. The van der Waals surface area contributed by atoms with Crippen LogP contribution in [0.15, 0.2) is 22.7 Å². The molecule has 3 heteroatoms. The summed E-state index contributed by atoms with van der Waals surface area (Å²) in [5.41, 5.74) is 2.39. The maximum Gasteiger partial charge on any atom is 0.230 e. The number of carbonyl (C=O) groups excluding carboxylic acids is 1. The number of carbonyl (C=O) groups is 1. The van der Waals surface area contributed by atoms with E-state index in [9.17, 15) is 4.79 Å².